The maximum atomic E-state index is 13.4. The van der Waals surface area contributed by atoms with Gasteiger partial charge in [0.2, 0.25) is 0 Å². The molecule has 2 aliphatic rings. The first kappa shape index (κ1) is 19.0. The maximum absolute atomic E-state index is 13.4. The summed E-state index contributed by atoms with van der Waals surface area (Å²) in [5, 5.41) is 0. The van der Waals surface area contributed by atoms with Crippen LogP contribution >= 0.6 is 0 Å². The van der Waals surface area contributed by atoms with Crippen molar-refractivity contribution in [2.75, 3.05) is 0 Å². The molecule has 0 spiro atoms. The molecule has 0 N–H and O–H groups in total. The third-order valence-corrected chi connectivity index (χ3v) is 5.88. The molecule has 1 saturated heterocycles. The van der Waals surface area contributed by atoms with Gasteiger partial charge in [0.25, 0.3) is 0 Å². The van der Waals surface area contributed by atoms with Crippen LogP contribution in [0.3, 0.4) is 0 Å². The molecule has 0 aromatic heterocycles. The summed E-state index contributed by atoms with van der Waals surface area (Å²) in [5.41, 5.74) is -3.75. The average molecular weight is 346 g/mol. The molecule has 2 fully saturated rings. The van der Waals surface area contributed by atoms with Gasteiger partial charge in [0, 0.05) is 5.41 Å². The Morgan fingerprint density at radius 3 is 2.58 bits per heavy atom. The van der Waals surface area contributed by atoms with Crippen molar-refractivity contribution in [2.45, 2.75) is 77.5 Å². The molecule has 0 aromatic carbocycles. The second kappa shape index (κ2) is 6.19. The summed E-state index contributed by atoms with van der Waals surface area (Å²) in [6.45, 7) is 4.57. The Bertz CT molecular complexity index is 554. The Kier molecular flexibility index (Phi) is 4.90. The first-order chi connectivity index (χ1) is 11.0. The molecule has 6 heteroatoms. The van der Waals surface area contributed by atoms with Crippen LogP contribution in [0, 0.1) is 10.8 Å². The molecule has 0 aromatic rings. The topological polar surface area (TPSA) is 43.4 Å². The minimum atomic E-state index is -4.60. The number of esters is 1. The van der Waals surface area contributed by atoms with Crippen LogP contribution in [-0.4, -0.2) is 23.5 Å². The molecule has 1 heterocycles. The molecule has 0 bridgehead atoms. The fourth-order valence-electron chi connectivity index (χ4n) is 3.90. The van der Waals surface area contributed by atoms with Gasteiger partial charge in [0.1, 0.15) is 11.0 Å². The van der Waals surface area contributed by atoms with E-state index in [1.807, 2.05) is 0 Å². The molecule has 1 saturated carbocycles. The maximum Gasteiger partial charge on any atom is 0.401 e. The van der Waals surface area contributed by atoms with Crippen LogP contribution in [0.1, 0.15) is 65.7 Å². The third kappa shape index (κ3) is 3.00. The molecular formula is C18H25F3O3. The lowest BCUT2D eigenvalue weighted by Gasteiger charge is -2.33. The molecule has 0 amide bonds. The van der Waals surface area contributed by atoms with Gasteiger partial charge in [-0.1, -0.05) is 25.8 Å². The van der Waals surface area contributed by atoms with E-state index in [1.54, 1.807) is 13.8 Å². The number of rotatable bonds is 6. The third-order valence-electron chi connectivity index (χ3n) is 5.88. The number of allylic oxidation sites excluding steroid dienone is 1. The van der Waals surface area contributed by atoms with Crippen LogP contribution in [0.2, 0.25) is 0 Å². The van der Waals surface area contributed by atoms with Crippen LogP contribution in [0.25, 0.3) is 0 Å². The number of unbranched alkanes of at least 4 members (excludes halogenated alkanes) is 1. The summed E-state index contributed by atoms with van der Waals surface area (Å²) < 4.78 is 45.7. The van der Waals surface area contributed by atoms with Crippen molar-refractivity contribution < 1.29 is 27.5 Å². The summed E-state index contributed by atoms with van der Waals surface area (Å²) in [4.78, 5) is 24.1. The fourth-order valence-corrected chi connectivity index (χ4v) is 3.90. The molecule has 1 aliphatic heterocycles. The molecule has 0 unspecified atom stereocenters. The van der Waals surface area contributed by atoms with E-state index in [1.165, 1.54) is 6.08 Å². The summed E-state index contributed by atoms with van der Waals surface area (Å²) >= 11 is 0. The van der Waals surface area contributed by atoms with E-state index in [9.17, 15) is 22.8 Å². The van der Waals surface area contributed by atoms with Crippen molar-refractivity contribution in [2.24, 2.45) is 10.8 Å². The summed E-state index contributed by atoms with van der Waals surface area (Å²) in [7, 11) is 0. The molecular weight excluding hydrogens is 321 g/mol. The first-order valence-electron chi connectivity index (χ1n) is 8.52. The normalized spacial score (nSPS) is 32.7. The lowest BCUT2D eigenvalue weighted by atomic mass is 9.73. The number of hydrogen-bond donors (Lipinski definition) is 0. The summed E-state index contributed by atoms with van der Waals surface area (Å²) in [6.07, 6.45) is 0.947. The van der Waals surface area contributed by atoms with Crippen LogP contribution in [0.5, 0.6) is 0 Å². The predicted molar refractivity (Wildman–Crippen MR) is 83.2 cm³/mol. The Balaban J connectivity index is 2.26. The van der Waals surface area contributed by atoms with Gasteiger partial charge < -0.3 is 4.74 Å². The van der Waals surface area contributed by atoms with Crippen molar-refractivity contribution >= 4 is 11.8 Å². The minimum Gasteiger partial charge on any atom is -0.458 e. The van der Waals surface area contributed by atoms with Crippen molar-refractivity contribution in [1.29, 1.82) is 0 Å². The summed E-state index contributed by atoms with van der Waals surface area (Å²) in [6, 6.07) is 0. The van der Waals surface area contributed by atoms with Crippen molar-refractivity contribution in [3.8, 4) is 0 Å². The van der Waals surface area contributed by atoms with E-state index in [0.29, 0.717) is 25.7 Å². The number of carbonyl (C=O) groups is 2. The van der Waals surface area contributed by atoms with Crippen LogP contribution in [0.4, 0.5) is 13.2 Å². The molecule has 136 valence electrons. The smallest absolute Gasteiger partial charge is 0.401 e. The molecule has 3 atom stereocenters. The highest BCUT2D eigenvalue weighted by Gasteiger charge is 2.60. The molecule has 0 radical (unpaired) electrons. The largest absolute Gasteiger partial charge is 0.458 e. The summed E-state index contributed by atoms with van der Waals surface area (Å²) in [5.74, 6) is -1.29. The van der Waals surface area contributed by atoms with Gasteiger partial charge in [-0.2, -0.15) is 13.2 Å². The van der Waals surface area contributed by atoms with E-state index in [-0.39, 0.29) is 18.8 Å². The van der Waals surface area contributed by atoms with Crippen LogP contribution in [0.15, 0.2) is 12.2 Å². The number of carbonyl (C=O) groups excluding carboxylic acids is 2. The van der Waals surface area contributed by atoms with Crippen molar-refractivity contribution in [3.63, 3.8) is 0 Å². The number of ether oxygens (including phenoxy) is 1. The zero-order valence-corrected chi connectivity index (χ0v) is 14.5. The highest BCUT2D eigenvalue weighted by Crippen LogP contribution is 2.56. The van der Waals surface area contributed by atoms with Gasteiger partial charge in [-0.3, -0.25) is 9.59 Å². The van der Waals surface area contributed by atoms with Gasteiger partial charge in [-0.05, 0) is 45.6 Å². The van der Waals surface area contributed by atoms with Crippen LogP contribution < -0.4 is 0 Å². The zero-order valence-electron chi connectivity index (χ0n) is 14.5. The number of fused-ring (bicyclic) bond motifs is 1. The number of ketones is 1. The van der Waals surface area contributed by atoms with Gasteiger partial charge in [0.15, 0.2) is 5.78 Å². The van der Waals surface area contributed by atoms with Crippen molar-refractivity contribution in [3.05, 3.63) is 12.2 Å². The van der Waals surface area contributed by atoms with Crippen LogP contribution in [-0.2, 0) is 14.3 Å². The number of halogens is 3. The molecule has 24 heavy (non-hydrogen) atoms. The van der Waals surface area contributed by atoms with Gasteiger partial charge in [0.05, 0.1) is 6.42 Å². The Labute approximate surface area is 140 Å². The molecule has 3 nitrogen and oxygen atoms in total. The van der Waals surface area contributed by atoms with Gasteiger partial charge >= 0.3 is 12.1 Å². The molecule has 2 rings (SSSR count). The van der Waals surface area contributed by atoms with Gasteiger partial charge in [-0.25, -0.2) is 0 Å². The van der Waals surface area contributed by atoms with E-state index in [0.717, 1.165) is 19.4 Å². The van der Waals surface area contributed by atoms with Crippen molar-refractivity contribution in [1.82, 2.24) is 0 Å². The fraction of sp³-hybridized carbons (Fsp3) is 0.778. The second-order valence-electron chi connectivity index (χ2n) is 7.52. The number of alkyl halides is 3. The average Bonchev–Trinajstić information content (AvgIpc) is 2.89. The molecule has 1 aliphatic carbocycles. The predicted octanol–water partition coefficient (Wildman–Crippen LogP) is 4.75. The Morgan fingerprint density at radius 1 is 1.33 bits per heavy atom. The van der Waals surface area contributed by atoms with E-state index < -0.39 is 28.4 Å². The first-order valence-corrected chi connectivity index (χ1v) is 8.52. The second-order valence-corrected chi connectivity index (χ2v) is 7.52. The van der Waals surface area contributed by atoms with E-state index in [4.69, 9.17) is 4.74 Å². The minimum absolute atomic E-state index is 0.130. The Morgan fingerprint density at radius 2 is 2.00 bits per heavy atom. The monoisotopic (exact) mass is 346 g/mol. The SMILES string of the molecule is CCCC[C@](C)(C(=O)C=C[C@@]12CCC[C@@]1(C)OC(=O)C2)C(F)(F)F. The highest BCUT2D eigenvalue weighted by atomic mass is 19.4. The zero-order chi connectivity index (χ0) is 18.2. The lowest BCUT2D eigenvalue weighted by Crippen LogP contribution is -2.42. The highest BCUT2D eigenvalue weighted by molar-refractivity contribution is 5.95. The standard InChI is InChI=1S/C18H25F3O3/c1-4-5-8-15(2,18(19,20)21)13(22)7-11-17-10-6-9-16(17,3)24-14(23)12-17/h7,11H,4-6,8-10,12H2,1-3H3/t15-,16-,17-/m1/s1. The van der Waals surface area contributed by atoms with E-state index >= 15 is 0 Å². The Hall–Kier alpha value is -1.33. The van der Waals surface area contributed by atoms with Gasteiger partial charge in [-0.15, -0.1) is 0 Å². The lowest BCUT2D eigenvalue weighted by molar-refractivity contribution is -0.215. The quantitative estimate of drug-likeness (QED) is 0.515. The number of hydrogen-bond acceptors (Lipinski definition) is 3. The van der Waals surface area contributed by atoms with E-state index in [2.05, 4.69) is 0 Å².